The summed E-state index contributed by atoms with van der Waals surface area (Å²) in [6, 6.07) is 13.0. The Bertz CT molecular complexity index is 564. The van der Waals surface area contributed by atoms with Gasteiger partial charge in [0.1, 0.15) is 11.6 Å². The van der Waals surface area contributed by atoms with E-state index in [1.165, 1.54) is 18.2 Å². The molecule has 3 heteroatoms. The van der Waals surface area contributed by atoms with Crippen LogP contribution in [0.25, 0.3) is 0 Å². The maximum Gasteiger partial charge on any atom is 0.167 e. The van der Waals surface area contributed by atoms with Gasteiger partial charge in [0.2, 0.25) is 0 Å². The number of ketones is 1. The number of carbonyl (C=O) groups excluding carboxylic acids is 1. The zero-order valence-corrected chi connectivity index (χ0v) is 10.0. The van der Waals surface area contributed by atoms with Gasteiger partial charge in [0, 0.05) is 12.0 Å². The number of hydrogen-bond donors (Lipinski definition) is 0. The van der Waals surface area contributed by atoms with Crippen LogP contribution in [0.3, 0.4) is 0 Å². The van der Waals surface area contributed by atoms with E-state index in [1.54, 1.807) is 19.2 Å². The standard InChI is InChI=1S/C15H13FO2/c1-18-14-7-2-4-11(8-14)9-15(17)12-5-3-6-13(16)10-12/h2-8,10H,9H2,1H3. The minimum absolute atomic E-state index is 0.109. The Morgan fingerprint density at radius 1 is 1.17 bits per heavy atom. The van der Waals surface area contributed by atoms with E-state index < -0.39 is 5.82 Å². The number of hydrogen-bond acceptors (Lipinski definition) is 2. The summed E-state index contributed by atoms with van der Waals surface area (Å²) in [5, 5.41) is 0. The summed E-state index contributed by atoms with van der Waals surface area (Å²) >= 11 is 0. The first-order valence-electron chi connectivity index (χ1n) is 5.61. The lowest BCUT2D eigenvalue weighted by Gasteiger charge is -2.04. The Labute approximate surface area is 105 Å². The first-order valence-corrected chi connectivity index (χ1v) is 5.61. The van der Waals surface area contributed by atoms with Crippen LogP contribution in [0.2, 0.25) is 0 Å². The molecular weight excluding hydrogens is 231 g/mol. The molecule has 0 unspecified atom stereocenters. The van der Waals surface area contributed by atoms with Crippen molar-refractivity contribution in [2.24, 2.45) is 0 Å². The maximum atomic E-state index is 13.0. The van der Waals surface area contributed by atoms with Gasteiger partial charge >= 0.3 is 0 Å². The number of rotatable bonds is 4. The maximum absolute atomic E-state index is 13.0. The monoisotopic (exact) mass is 244 g/mol. The predicted octanol–water partition coefficient (Wildman–Crippen LogP) is 3.26. The molecular formula is C15H13FO2. The number of benzene rings is 2. The first-order chi connectivity index (χ1) is 8.69. The molecule has 2 rings (SSSR count). The van der Waals surface area contributed by atoms with E-state index in [0.29, 0.717) is 11.3 Å². The van der Waals surface area contributed by atoms with Crippen LogP contribution in [0, 0.1) is 5.82 Å². The minimum atomic E-state index is -0.397. The molecule has 0 aliphatic heterocycles. The van der Waals surface area contributed by atoms with Gasteiger partial charge in [0.15, 0.2) is 5.78 Å². The molecule has 0 bridgehead atoms. The van der Waals surface area contributed by atoms with Crippen molar-refractivity contribution in [3.8, 4) is 5.75 Å². The number of Topliss-reactive ketones (excluding diaryl/α,β-unsaturated/α-hetero) is 1. The predicted molar refractivity (Wildman–Crippen MR) is 67.4 cm³/mol. The van der Waals surface area contributed by atoms with Crippen LogP contribution in [0.15, 0.2) is 48.5 Å². The third kappa shape index (κ3) is 2.94. The van der Waals surface area contributed by atoms with Crippen molar-refractivity contribution in [2.45, 2.75) is 6.42 Å². The van der Waals surface area contributed by atoms with Gasteiger partial charge in [-0.15, -0.1) is 0 Å². The van der Waals surface area contributed by atoms with Crippen molar-refractivity contribution < 1.29 is 13.9 Å². The van der Waals surface area contributed by atoms with Crippen LogP contribution in [0.1, 0.15) is 15.9 Å². The second-order valence-corrected chi connectivity index (χ2v) is 3.96. The van der Waals surface area contributed by atoms with E-state index in [2.05, 4.69) is 0 Å². The van der Waals surface area contributed by atoms with Crippen LogP contribution >= 0.6 is 0 Å². The zero-order chi connectivity index (χ0) is 13.0. The van der Waals surface area contributed by atoms with Crippen molar-refractivity contribution in [1.29, 1.82) is 0 Å². The van der Waals surface area contributed by atoms with Crippen LogP contribution in [0.5, 0.6) is 5.75 Å². The molecule has 18 heavy (non-hydrogen) atoms. The Morgan fingerprint density at radius 2 is 1.94 bits per heavy atom. The summed E-state index contributed by atoms with van der Waals surface area (Å²) in [6.45, 7) is 0. The van der Waals surface area contributed by atoms with Gasteiger partial charge in [0.25, 0.3) is 0 Å². The molecule has 0 aliphatic carbocycles. The normalized spacial score (nSPS) is 10.1. The lowest BCUT2D eigenvalue weighted by atomic mass is 10.0. The second-order valence-electron chi connectivity index (χ2n) is 3.96. The van der Waals surface area contributed by atoms with Crippen molar-refractivity contribution in [1.82, 2.24) is 0 Å². The van der Waals surface area contributed by atoms with Gasteiger partial charge < -0.3 is 4.74 Å². The highest BCUT2D eigenvalue weighted by atomic mass is 19.1. The van der Waals surface area contributed by atoms with Gasteiger partial charge in [-0.2, -0.15) is 0 Å². The van der Waals surface area contributed by atoms with E-state index in [1.807, 2.05) is 18.2 Å². The number of ether oxygens (including phenoxy) is 1. The smallest absolute Gasteiger partial charge is 0.167 e. The zero-order valence-electron chi connectivity index (χ0n) is 10.0. The number of methoxy groups -OCH3 is 1. The lowest BCUT2D eigenvalue weighted by molar-refractivity contribution is 0.0992. The highest BCUT2D eigenvalue weighted by Crippen LogP contribution is 2.15. The highest BCUT2D eigenvalue weighted by Gasteiger charge is 2.08. The van der Waals surface area contributed by atoms with E-state index in [4.69, 9.17) is 4.74 Å². The van der Waals surface area contributed by atoms with Gasteiger partial charge in [-0.05, 0) is 29.8 Å². The molecule has 2 nitrogen and oxygen atoms in total. The molecule has 0 atom stereocenters. The fraction of sp³-hybridized carbons (Fsp3) is 0.133. The van der Waals surface area contributed by atoms with E-state index >= 15 is 0 Å². The Hall–Kier alpha value is -2.16. The van der Waals surface area contributed by atoms with Crippen molar-refractivity contribution in [3.63, 3.8) is 0 Å². The van der Waals surface area contributed by atoms with Gasteiger partial charge in [-0.3, -0.25) is 4.79 Å². The second kappa shape index (κ2) is 5.45. The molecule has 0 saturated heterocycles. The Kier molecular flexibility index (Phi) is 3.72. The summed E-state index contributed by atoms with van der Waals surface area (Å²) < 4.78 is 18.1. The molecule has 0 spiro atoms. The molecule has 0 fully saturated rings. The molecule has 2 aromatic rings. The first kappa shape index (κ1) is 12.3. The summed E-state index contributed by atoms with van der Waals surface area (Å²) in [7, 11) is 1.58. The third-order valence-electron chi connectivity index (χ3n) is 2.65. The van der Waals surface area contributed by atoms with Crippen molar-refractivity contribution in [3.05, 3.63) is 65.5 Å². The largest absolute Gasteiger partial charge is 0.497 e. The summed E-state index contributed by atoms with van der Waals surface area (Å²) in [4.78, 5) is 12.0. The summed E-state index contributed by atoms with van der Waals surface area (Å²) in [5.41, 5.74) is 1.24. The van der Waals surface area contributed by atoms with Gasteiger partial charge in [-0.1, -0.05) is 24.3 Å². The molecule has 0 aromatic heterocycles. The van der Waals surface area contributed by atoms with Gasteiger partial charge in [-0.25, -0.2) is 4.39 Å². The quantitative estimate of drug-likeness (QED) is 0.772. The molecule has 0 amide bonds. The van der Waals surface area contributed by atoms with Crippen molar-refractivity contribution in [2.75, 3.05) is 7.11 Å². The van der Waals surface area contributed by atoms with Crippen LogP contribution in [-0.4, -0.2) is 12.9 Å². The molecule has 92 valence electrons. The highest BCUT2D eigenvalue weighted by molar-refractivity contribution is 5.97. The molecule has 0 N–H and O–H groups in total. The summed E-state index contributed by atoms with van der Waals surface area (Å²) in [5.74, 6) is 0.203. The Morgan fingerprint density at radius 3 is 2.67 bits per heavy atom. The Balaban J connectivity index is 2.16. The average Bonchev–Trinajstić information content (AvgIpc) is 2.39. The molecule has 0 heterocycles. The third-order valence-corrected chi connectivity index (χ3v) is 2.65. The average molecular weight is 244 g/mol. The van der Waals surface area contributed by atoms with Crippen LogP contribution < -0.4 is 4.74 Å². The lowest BCUT2D eigenvalue weighted by Crippen LogP contribution is -2.04. The fourth-order valence-electron chi connectivity index (χ4n) is 1.73. The van der Waals surface area contributed by atoms with E-state index in [0.717, 1.165) is 5.56 Å². The topological polar surface area (TPSA) is 26.3 Å². The molecule has 0 radical (unpaired) electrons. The number of halogens is 1. The van der Waals surface area contributed by atoms with Crippen molar-refractivity contribution >= 4 is 5.78 Å². The summed E-state index contributed by atoms with van der Waals surface area (Å²) in [6.07, 6.45) is 0.237. The van der Waals surface area contributed by atoms with E-state index in [9.17, 15) is 9.18 Å². The number of carbonyl (C=O) groups is 1. The van der Waals surface area contributed by atoms with Crippen LogP contribution in [-0.2, 0) is 6.42 Å². The molecule has 0 saturated carbocycles. The van der Waals surface area contributed by atoms with E-state index in [-0.39, 0.29) is 12.2 Å². The fourth-order valence-corrected chi connectivity index (χ4v) is 1.73. The molecule has 0 aliphatic rings. The minimum Gasteiger partial charge on any atom is -0.497 e. The molecule has 2 aromatic carbocycles. The van der Waals surface area contributed by atoms with Crippen LogP contribution in [0.4, 0.5) is 4.39 Å². The van der Waals surface area contributed by atoms with Gasteiger partial charge in [0.05, 0.1) is 7.11 Å². The SMILES string of the molecule is COc1cccc(CC(=O)c2cccc(F)c2)c1.